The minimum Gasteiger partial charge on any atom is -0.493 e. The highest BCUT2D eigenvalue weighted by Gasteiger charge is 2.06. The number of nitrogens with one attached hydrogen (secondary N) is 1. The third-order valence-corrected chi connectivity index (χ3v) is 3.35. The van der Waals surface area contributed by atoms with Crippen LogP contribution >= 0.6 is 0 Å². The van der Waals surface area contributed by atoms with Crippen LogP contribution in [-0.2, 0) is 13.2 Å². The Kier molecular flexibility index (Phi) is 4.73. The van der Waals surface area contributed by atoms with Crippen LogP contribution in [0, 0.1) is 0 Å². The Morgan fingerprint density at radius 2 is 1.74 bits per heavy atom. The second-order valence-electron chi connectivity index (χ2n) is 4.96. The lowest BCUT2D eigenvalue weighted by Crippen LogP contribution is -2.12. The molecule has 0 saturated carbocycles. The van der Waals surface area contributed by atoms with Crippen molar-refractivity contribution in [1.82, 2.24) is 14.9 Å². The van der Waals surface area contributed by atoms with Crippen LogP contribution in [0.1, 0.15) is 11.1 Å². The van der Waals surface area contributed by atoms with Gasteiger partial charge in [0.2, 0.25) is 0 Å². The Morgan fingerprint density at radius 3 is 2.48 bits per heavy atom. The van der Waals surface area contributed by atoms with E-state index in [1.807, 2.05) is 48.5 Å². The molecular weight excluding hydrogens is 292 g/mol. The minimum absolute atomic E-state index is 0.509. The summed E-state index contributed by atoms with van der Waals surface area (Å²) in [5, 5.41) is 7.48. The summed E-state index contributed by atoms with van der Waals surface area (Å²) in [6.07, 6.45) is 3.21. The summed E-state index contributed by atoms with van der Waals surface area (Å²) in [5.74, 6) is 1.44. The third-order valence-electron chi connectivity index (χ3n) is 3.35. The summed E-state index contributed by atoms with van der Waals surface area (Å²) in [5.41, 5.74) is 5.36. The zero-order chi connectivity index (χ0) is 15.9. The predicted molar refractivity (Wildman–Crippen MR) is 86.9 cm³/mol. The van der Waals surface area contributed by atoms with Gasteiger partial charge < -0.3 is 14.9 Å². The van der Waals surface area contributed by atoms with E-state index in [0.29, 0.717) is 18.9 Å². The van der Waals surface area contributed by atoms with Crippen molar-refractivity contribution in [3.05, 3.63) is 72.3 Å². The van der Waals surface area contributed by atoms with Gasteiger partial charge in [-0.1, -0.05) is 36.4 Å². The maximum absolute atomic E-state index is 5.85. The van der Waals surface area contributed by atoms with Gasteiger partial charge in [-0.05, 0) is 23.3 Å². The van der Waals surface area contributed by atoms with E-state index in [2.05, 4.69) is 15.6 Å². The van der Waals surface area contributed by atoms with E-state index in [1.165, 1.54) is 0 Å². The van der Waals surface area contributed by atoms with Crippen LogP contribution in [-0.4, -0.2) is 22.0 Å². The molecule has 0 fully saturated rings. The summed E-state index contributed by atoms with van der Waals surface area (Å²) in [6.45, 7) is 1.14. The number of benzene rings is 2. The predicted octanol–water partition coefficient (Wildman–Crippen LogP) is 2.61. The molecule has 0 aliphatic heterocycles. The maximum atomic E-state index is 5.85. The van der Waals surface area contributed by atoms with Crippen LogP contribution in [0.15, 0.2) is 61.2 Å². The molecule has 0 spiro atoms. The normalized spacial score (nSPS) is 10.3. The molecule has 0 amide bonds. The number of nitrogens with zero attached hydrogens (tertiary/aromatic N) is 3. The van der Waals surface area contributed by atoms with E-state index < -0.39 is 0 Å². The zero-order valence-corrected chi connectivity index (χ0v) is 12.8. The summed E-state index contributed by atoms with van der Waals surface area (Å²) in [6, 6.07) is 15.9. The molecule has 0 bridgehead atoms. The number of hydrogen-bond acceptors (Lipinski definition) is 5. The van der Waals surface area contributed by atoms with Crippen LogP contribution in [0.2, 0.25) is 0 Å². The zero-order valence-electron chi connectivity index (χ0n) is 12.8. The van der Waals surface area contributed by atoms with Crippen molar-refractivity contribution in [2.75, 3.05) is 12.5 Å². The van der Waals surface area contributed by atoms with Crippen LogP contribution in [0.25, 0.3) is 0 Å². The van der Waals surface area contributed by atoms with Gasteiger partial charge in [0.05, 0.1) is 13.7 Å². The summed E-state index contributed by atoms with van der Waals surface area (Å²) >= 11 is 0. The third kappa shape index (κ3) is 4.00. The van der Waals surface area contributed by atoms with Gasteiger partial charge in [0, 0.05) is 0 Å². The van der Waals surface area contributed by atoms with Crippen LogP contribution in [0.4, 0.5) is 0 Å². The first kappa shape index (κ1) is 14.9. The second-order valence-corrected chi connectivity index (χ2v) is 4.96. The van der Waals surface area contributed by atoms with Gasteiger partial charge in [0.15, 0.2) is 11.5 Å². The SMILES string of the molecule is COc1cc(CNn2cnnc2)ccc1OCc1ccccc1. The molecule has 1 N–H and O–H groups in total. The average molecular weight is 310 g/mol. The maximum Gasteiger partial charge on any atom is 0.161 e. The Balaban J connectivity index is 1.64. The number of aromatic nitrogens is 3. The molecule has 3 rings (SSSR count). The van der Waals surface area contributed by atoms with Gasteiger partial charge in [-0.3, -0.25) is 0 Å². The quantitative estimate of drug-likeness (QED) is 0.727. The highest BCUT2D eigenvalue weighted by Crippen LogP contribution is 2.28. The molecule has 2 aromatic carbocycles. The smallest absolute Gasteiger partial charge is 0.161 e. The van der Waals surface area contributed by atoms with Crippen molar-refractivity contribution < 1.29 is 9.47 Å². The molecule has 6 nitrogen and oxygen atoms in total. The van der Waals surface area contributed by atoms with Crippen molar-refractivity contribution >= 4 is 0 Å². The van der Waals surface area contributed by atoms with E-state index in [1.54, 1.807) is 24.4 Å². The van der Waals surface area contributed by atoms with Crippen molar-refractivity contribution in [1.29, 1.82) is 0 Å². The van der Waals surface area contributed by atoms with E-state index in [0.717, 1.165) is 16.9 Å². The highest BCUT2D eigenvalue weighted by molar-refractivity contribution is 5.43. The first-order valence-electron chi connectivity index (χ1n) is 7.27. The molecule has 23 heavy (non-hydrogen) atoms. The van der Waals surface area contributed by atoms with Crippen LogP contribution in [0.3, 0.4) is 0 Å². The molecule has 0 atom stereocenters. The molecule has 1 heterocycles. The number of rotatable bonds is 7. The summed E-state index contributed by atoms with van der Waals surface area (Å²) in [7, 11) is 1.64. The molecule has 0 unspecified atom stereocenters. The standard InChI is InChI=1S/C17H18N4O2/c1-22-17-9-15(10-20-21-12-18-19-13-21)7-8-16(17)23-11-14-5-3-2-4-6-14/h2-9,12-13,20H,10-11H2,1H3. The van der Waals surface area contributed by atoms with Gasteiger partial charge >= 0.3 is 0 Å². The molecule has 1 aromatic heterocycles. The Bertz CT molecular complexity index is 730. The van der Waals surface area contributed by atoms with Crippen molar-refractivity contribution in [2.24, 2.45) is 0 Å². The van der Waals surface area contributed by atoms with E-state index in [9.17, 15) is 0 Å². The second kappa shape index (κ2) is 7.31. The van der Waals surface area contributed by atoms with Gasteiger partial charge in [-0.25, -0.2) is 4.68 Å². The molecule has 0 radical (unpaired) electrons. The van der Waals surface area contributed by atoms with Gasteiger partial charge in [0.1, 0.15) is 19.3 Å². The van der Waals surface area contributed by atoms with Crippen LogP contribution < -0.4 is 14.9 Å². The lowest BCUT2D eigenvalue weighted by Gasteiger charge is -2.13. The molecule has 118 valence electrons. The van der Waals surface area contributed by atoms with Crippen molar-refractivity contribution in [3.63, 3.8) is 0 Å². The fraction of sp³-hybridized carbons (Fsp3) is 0.176. The Morgan fingerprint density at radius 1 is 0.957 bits per heavy atom. The monoisotopic (exact) mass is 310 g/mol. The molecule has 6 heteroatoms. The molecule has 0 saturated heterocycles. The molecule has 3 aromatic rings. The fourth-order valence-electron chi connectivity index (χ4n) is 2.14. The van der Waals surface area contributed by atoms with Gasteiger partial charge in [0.25, 0.3) is 0 Å². The first-order chi connectivity index (χ1) is 11.3. The topological polar surface area (TPSA) is 61.2 Å². The molecular formula is C17H18N4O2. The summed E-state index contributed by atoms with van der Waals surface area (Å²) < 4.78 is 13.0. The average Bonchev–Trinajstić information content (AvgIpc) is 3.13. The van der Waals surface area contributed by atoms with E-state index >= 15 is 0 Å². The first-order valence-corrected chi connectivity index (χ1v) is 7.27. The Labute approximate surface area is 134 Å². The molecule has 0 aliphatic carbocycles. The van der Waals surface area contributed by atoms with Crippen molar-refractivity contribution in [2.45, 2.75) is 13.2 Å². The number of methoxy groups -OCH3 is 1. The fourth-order valence-corrected chi connectivity index (χ4v) is 2.14. The van der Waals surface area contributed by atoms with Crippen LogP contribution in [0.5, 0.6) is 11.5 Å². The van der Waals surface area contributed by atoms with E-state index in [-0.39, 0.29) is 0 Å². The number of ether oxygens (including phenoxy) is 2. The lowest BCUT2D eigenvalue weighted by molar-refractivity contribution is 0.284. The van der Waals surface area contributed by atoms with Crippen molar-refractivity contribution in [3.8, 4) is 11.5 Å². The highest BCUT2D eigenvalue weighted by atomic mass is 16.5. The summed E-state index contributed by atoms with van der Waals surface area (Å²) in [4.78, 5) is 0. The van der Waals surface area contributed by atoms with Gasteiger partial charge in [-0.15, -0.1) is 10.2 Å². The van der Waals surface area contributed by atoms with E-state index in [4.69, 9.17) is 9.47 Å². The lowest BCUT2D eigenvalue weighted by atomic mass is 10.2. The largest absolute Gasteiger partial charge is 0.493 e. The molecule has 0 aliphatic rings. The van der Waals surface area contributed by atoms with Gasteiger partial charge in [-0.2, -0.15) is 0 Å². The minimum atomic E-state index is 0.509. The number of hydrogen-bond donors (Lipinski definition) is 1. The Hall–Kier alpha value is -3.02.